The van der Waals surface area contributed by atoms with Gasteiger partial charge >= 0.3 is 0 Å². The van der Waals surface area contributed by atoms with Crippen molar-refractivity contribution in [2.24, 2.45) is 0 Å². The van der Waals surface area contributed by atoms with Crippen molar-refractivity contribution in [1.82, 2.24) is 10.3 Å². The number of rotatable bonds is 1. The highest BCUT2D eigenvalue weighted by molar-refractivity contribution is 5.40. The first-order chi connectivity index (χ1) is 6.27. The van der Waals surface area contributed by atoms with Crippen LogP contribution in [0.1, 0.15) is 11.3 Å². The van der Waals surface area contributed by atoms with Gasteiger partial charge in [-0.25, -0.2) is 4.98 Å². The molecule has 0 radical (unpaired) electrons. The number of hydrogen-bond acceptors (Lipinski definition) is 3. The first-order valence-corrected chi connectivity index (χ1v) is 4.64. The van der Waals surface area contributed by atoms with E-state index in [9.17, 15) is 0 Å². The topological polar surface area (TPSA) is 28.2 Å². The fourth-order valence-corrected chi connectivity index (χ4v) is 1.57. The Labute approximate surface area is 78.8 Å². The Balaban J connectivity index is 2.35. The quantitative estimate of drug-likeness (QED) is 0.687. The number of aromatic nitrogens is 1. The summed E-state index contributed by atoms with van der Waals surface area (Å²) in [4.78, 5) is 6.64. The molecular weight excluding hydrogens is 162 g/mol. The Bertz CT molecular complexity index is 307. The standard InChI is InChI=1S/C10H15N3/c1-13(2)10-4-3-8-7-11-6-5-9(8)12-10/h3-4,11H,5-7H2,1-2H3. The predicted molar refractivity (Wildman–Crippen MR) is 54.0 cm³/mol. The zero-order chi connectivity index (χ0) is 9.26. The zero-order valence-corrected chi connectivity index (χ0v) is 8.17. The molecule has 3 heteroatoms. The van der Waals surface area contributed by atoms with Crippen LogP contribution in [-0.4, -0.2) is 25.6 Å². The summed E-state index contributed by atoms with van der Waals surface area (Å²) in [6, 6.07) is 4.25. The predicted octanol–water partition coefficient (Wildman–Crippen LogP) is 0.793. The Morgan fingerprint density at radius 2 is 2.23 bits per heavy atom. The molecule has 1 N–H and O–H groups in total. The molecule has 70 valence electrons. The van der Waals surface area contributed by atoms with Gasteiger partial charge in [0.1, 0.15) is 5.82 Å². The highest BCUT2D eigenvalue weighted by Crippen LogP contribution is 2.15. The summed E-state index contributed by atoms with van der Waals surface area (Å²) in [5.41, 5.74) is 2.60. The van der Waals surface area contributed by atoms with Crippen molar-refractivity contribution in [2.75, 3.05) is 25.5 Å². The molecule has 0 spiro atoms. The van der Waals surface area contributed by atoms with Crippen LogP contribution in [0, 0.1) is 0 Å². The summed E-state index contributed by atoms with van der Waals surface area (Å²) in [5.74, 6) is 1.06. The van der Waals surface area contributed by atoms with E-state index in [1.807, 2.05) is 19.0 Å². The fourth-order valence-electron chi connectivity index (χ4n) is 1.57. The lowest BCUT2D eigenvalue weighted by Crippen LogP contribution is -2.25. The van der Waals surface area contributed by atoms with E-state index in [2.05, 4.69) is 22.4 Å². The van der Waals surface area contributed by atoms with Crippen molar-refractivity contribution in [3.63, 3.8) is 0 Å². The average Bonchev–Trinajstić information content (AvgIpc) is 2.17. The van der Waals surface area contributed by atoms with Crippen molar-refractivity contribution in [3.8, 4) is 0 Å². The average molecular weight is 177 g/mol. The van der Waals surface area contributed by atoms with Crippen molar-refractivity contribution in [3.05, 3.63) is 23.4 Å². The van der Waals surface area contributed by atoms with Crippen LogP contribution >= 0.6 is 0 Å². The van der Waals surface area contributed by atoms with E-state index in [1.165, 1.54) is 11.3 Å². The lowest BCUT2D eigenvalue weighted by atomic mass is 10.1. The molecule has 13 heavy (non-hydrogen) atoms. The molecule has 1 aromatic heterocycles. The summed E-state index contributed by atoms with van der Waals surface area (Å²) in [6.45, 7) is 2.02. The van der Waals surface area contributed by atoms with Crippen LogP contribution in [0.15, 0.2) is 12.1 Å². The van der Waals surface area contributed by atoms with Crippen LogP contribution in [0.25, 0.3) is 0 Å². The van der Waals surface area contributed by atoms with Crippen LogP contribution < -0.4 is 10.2 Å². The number of fused-ring (bicyclic) bond motifs is 1. The van der Waals surface area contributed by atoms with Crippen LogP contribution in [0.4, 0.5) is 5.82 Å². The van der Waals surface area contributed by atoms with Gasteiger partial charge in [0.15, 0.2) is 0 Å². The SMILES string of the molecule is CN(C)c1ccc2c(n1)CCNC2. The van der Waals surface area contributed by atoms with Gasteiger partial charge in [0.25, 0.3) is 0 Å². The van der Waals surface area contributed by atoms with Crippen molar-refractivity contribution in [1.29, 1.82) is 0 Å². The molecule has 0 amide bonds. The van der Waals surface area contributed by atoms with E-state index in [0.717, 1.165) is 25.3 Å². The second-order valence-electron chi connectivity index (χ2n) is 3.60. The molecule has 0 fully saturated rings. The van der Waals surface area contributed by atoms with Crippen LogP contribution in [0.2, 0.25) is 0 Å². The number of nitrogens with one attached hydrogen (secondary N) is 1. The number of anilines is 1. The molecule has 2 rings (SSSR count). The third-order valence-electron chi connectivity index (χ3n) is 2.37. The third-order valence-corrected chi connectivity index (χ3v) is 2.37. The van der Waals surface area contributed by atoms with E-state index >= 15 is 0 Å². The highest BCUT2D eigenvalue weighted by atomic mass is 15.1. The molecule has 0 unspecified atom stereocenters. The largest absolute Gasteiger partial charge is 0.363 e. The minimum absolute atomic E-state index is 0.968. The molecule has 1 aliphatic rings. The molecule has 2 heterocycles. The van der Waals surface area contributed by atoms with Gasteiger partial charge in [-0.3, -0.25) is 0 Å². The molecular formula is C10H15N3. The summed E-state index contributed by atoms with van der Waals surface area (Å²) < 4.78 is 0. The van der Waals surface area contributed by atoms with Crippen LogP contribution in [0.5, 0.6) is 0 Å². The first kappa shape index (κ1) is 8.51. The maximum atomic E-state index is 4.60. The van der Waals surface area contributed by atoms with Gasteiger partial charge in [-0.2, -0.15) is 0 Å². The summed E-state index contributed by atoms with van der Waals surface area (Å²) in [7, 11) is 4.05. The maximum absolute atomic E-state index is 4.60. The fraction of sp³-hybridized carbons (Fsp3) is 0.500. The molecule has 0 saturated carbocycles. The first-order valence-electron chi connectivity index (χ1n) is 4.64. The van der Waals surface area contributed by atoms with Crippen molar-refractivity contribution < 1.29 is 0 Å². The molecule has 1 aliphatic heterocycles. The summed E-state index contributed by atoms with van der Waals surface area (Å²) in [5, 5.41) is 3.34. The number of pyridine rings is 1. The molecule has 0 atom stereocenters. The van der Waals surface area contributed by atoms with Gasteiger partial charge in [-0.1, -0.05) is 6.07 Å². The Morgan fingerprint density at radius 3 is 3.00 bits per heavy atom. The molecule has 0 bridgehead atoms. The normalized spacial score (nSPS) is 15.2. The molecule has 3 nitrogen and oxygen atoms in total. The summed E-state index contributed by atoms with van der Waals surface area (Å²) >= 11 is 0. The lowest BCUT2D eigenvalue weighted by molar-refractivity contribution is 0.630. The molecule has 0 saturated heterocycles. The number of hydrogen-bond donors (Lipinski definition) is 1. The number of nitrogens with zero attached hydrogens (tertiary/aromatic N) is 2. The second-order valence-corrected chi connectivity index (χ2v) is 3.60. The van der Waals surface area contributed by atoms with E-state index in [-0.39, 0.29) is 0 Å². The maximum Gasteiger partial charge on any atom is 0.128 e. The lowest BCUT2D eigenvalue weighted by Gasteiger charge is -2.19. The van der Waals surface area contributed by atoms with E-state index in [4.69, 9.17) is 0 Å². The van der Waals surface area contributed by atoms with Gasteiger partial charge in [0, 0.05) is 39.3 Å². The Hall–Kier alpha value is -1.09. The monoisotopic (exact) mass is 177 g/mol. The van der Waals surface area contributed by atoms with E-state index in [1.54, 1.807) is 0 Å². The van der Waals surface area contributed by atoms with E-state index in [0.29, 0.717) is 0 Å². The Morgan fingerprint density at radius 1 is 1.38 bits per heavy atom. The van der Waals surface area contributed by atoms with Gasteiger partial charge in [0.05, 0.1) is 0 Å². The Kier molecular flexibility index (Phi) is 2.19. The van der Waals surface area contributed by atoms with Gasteiger partial charge in [-0.05, 0) is 11.6 Å². The van der Waals surface area contributed by atoms with Gasteiger partial charge in [-0.15, -0.1) is 0 Å². The minimum Gasteiger partial charge on any atom is -0.363 e. The van der Waals surface area contributed by atoms with Crippen molar-refractivity contribution in [2.45, 2.75) is 13.0 Å². The minimum atomic E-state index is 0.968. The smallest absolute Gasteiger partial charge is 0.128 e. The molecule has 0 aromatic carbocycles. The highest BCUT2D eigenvalue weighted by Gasteiger charge is 2.10. The third kappa shape index (κ3) is 1.65. The van der Waals surface area contributed by atoms with Gasteiger partial charge < -0.3 is 10.2 Å². The molecule has 1 aromatic rings. The second kappa shape index (κ2) is 3.34. The van der Waals surface area contributed by atoms with Crippen LogP contribution in [-0.2, 0) is 13.0 Å². The summed E-state index contributed by atoms with van der Waals surface area (Å²) in [6.07, 6.45) is 1.05. The van der Waals surface area contributed by atoms with Gasteiger partial charge in [0.2, 0.25) is 0 Å². The molecule has 0 aliphatic carbocycles. The van der Waals surface area contributed by atoms with Crippen LogP contribution in [0.3, 0.4) is 0 Å². The zero-order valence-electron chi connectivity index (χ0n) is 8.17. The van der Waals surface area contributed by atoms with E-state index < -0.39 is 0 Å². The van der Waals surface area contributed by atoms with Crippen molar-refractivity contribution >= 4 is 5.82 Å².